The van der Waals surface area contributed by atoms with E-state index >= 15 is 0 Å². The van der Waals surface area contributed by atoms with Gasteiger partial charge in [0.25, 0.3) is 5.91 Å². The van der Waals surface area contributed by atoms with E-state index in [1.54, 1.807) is 14.0 Å². The molecule has 0 aromatic heterocycles. The molecule has 1 heterocycles. The van der Waals surface area contributed by atoms with Gasteiger partial charge < -0.3 is 20.2 Å². The third-order valence-electron chi connectivity index (χ3n) is 3.85. The molecule has 0 fully saturated rings. The SMILES string of the molecule is COc1ccccc1C1=NO[C@@](C)(C(=O)NCCC(=O)NC(C)C)C1. The maximum Gasteiger partial charge on any atom is 0.267 e. The summed E-state index contributed by atoms with van der Waals surface area (Å²) in [4.78, 5) is 29.5. The van der Waals surface area contributed by atoms with E-state index < -0.39 is 5.60 Å². The van der Waals surface area contributed by atoms with E-state index in [4.69, 9.17) is 9.57 Å². The molecule has 1 atom stereocenters. The lowest BCUT2D eigenvalue weighted by Crippen LogP contribution is -2.46. The predicted molar refractivity (Wildman–Crippen MR) is 94.5 cm³/mol. The highest BCUT2D eigenvalue weighted by Gasteiger charge is 2.42. The zero-order valence-electron chi connectivity index (χ0n) is 15.1. The number of rotatable bonds is 7. The smallest absolute Gasteiger partial charge is 0.267 e. The summed E-state index contributed by atoms with van der Waals surface area (Å²) in [6.45, 7) is 5.71. The summed E-state index contributed by atoms with van der Waals surface area (Å²) in [6.07, 6.45) is 0.553. The second-order valence-electron chi connectivity index (χ2n) is 6.47. The first-order chi connectivity index (χ1) is 11.9. The molecule has 0 saturated heterocycles. The number of amides is 2. The summed E-state index contributed by atoms with van der Waals surface area (Å²) < 4.78 is 5.33. The summed E-state index contributed by atoms with van der Waals surface area (Å²) in [5, 5.41) is 9.59. The Balaban J connectivity index is 1.91. The fourth-order valence-corrected chi connectivity index (χ4v) is 2.56. The first kappa shape index (κ1) is 18.8. The number of ether oxygens (including phenoxy) is 1. The fourth-order valence-electron chi connectivity index (χ4n) is 2.56. The summed E-state index contributed by atoms with van der Waals surface area (Å²) >= 11 is 0. The predicted octanol–water partition coefficient (Wildman–Crippen LogP) is 1.61. The molecule has 25 heavy (non-hydrogen) atoms. The molecule has 2 N–H and O–H groups in total. The van der Waals surface area contributed by atoms with Crippen LogP contribution < -0.4 is 15.4 Å². The van der Waals surface area contributed by atoms with Crippen LogP contribution in [0.4, 0.5) is 0 Å². The second-order valence-corrected chi connectivity index (χ2v) is 6.47. The van der Waals surface area contributed by atoms with Gasteiger partial charge in [0.1, 0.15) is 5.75 Å². The molecule has 1 aromatic rings. The second kappa shape index (κ2) is 8.00. The Morgan fingerprint density at radius 2 is 2.08 bits per heavy atom. The van der Waals surface area contributed by atoms with Crippen molar-refractivity contribution in [2.24, 2.45) is 5.16 Å². The molecule has 136 valence electrons. The van der Waals surface area contributed by atoms with Gasteiger partial charge in [0.05, 0.1) is 12.8 Å². The Labute approximate surface area is 147 Å². The van der Waals surface area contributed by atoms with Gasteiger partial charge in [-0.15, -0.1) is 0 Å². The Hall–Kier alpha value is -2.57. The maximum absolute atomic E-state index is 12.4. The van der Waals surface area contributed by atoms with Crippen molar-refractivity contribution in [3.05, 3.63) is 29.8 Å². The average molecular weight is 347 g/mol. The van der Waals surface area contributed by atoms with Crippen LogP contribution in [-0.2, 0) is 14.4 Å². The quantitative estimate of drug-likeness (QED) is 0.784. The first-order valence-corrected chi connectivity index (χ1v) is 8.32. The topological polar surface area (TPSA) is 89.0 Å². The van der Waals surface area contributed by atoms with Crippen LogP contribution in [0, 0.1) is 0 Å². The Morgan fingerprint density at radius 3 is 2.76 bits per heavy atom. The monoisotopic (exact) mass is 347 g/mol. The van der Waals surface area contributed by atoms with Gasteiger partial charge in [-0.2, -0.15) is 0 Å². The van der Waals surface area contributed by atoms with Crippen molar-refractivity contribution in [2.75, 3.05) is 13.7 Å². The highest BCUT2D eigenvalue weighted by molar-refractivity contribution is 6.07. The van der Waals surface area contributed by atoms with E-state index in [0.717, 1.165) is 5.56 Å². The standard InChI is InChI=1S/C18H25N3O4/c1-12(2)20-16(22)9-10-19-17(23)18(3)11-14(21-25-18)13-7-5-6-8-15(13)24-4/h5-8,12H,9-11H2,1-4H3,(H,19,23)(H,20,22)/t18-/m1/s1. The maximum atomic E-state index is 12.4. The van der Waals surface area contributed by atoms with Gasteiger partial charge >= 0.3 is 0 Å². The van der Waals surface area contributed by atoms with Crippen LogP contribution in [0.3, 0.4) is 0 Å². The van der Waals surface area contributed by atoms with E-state index in [0.29, 0.717) is 17.9 Å². The Kier molecular flexibility index (Phi) is 6.01. The van der Waals surface area contributed by atoms with Crippen molar-refractivity contribution in [3.63, 3.8) is 0 Å². The Bertz CT molecular complexity index is 672. The molecule has 1 aromatic carbocycles. The van der Waals surface area contributed by atoms with Crippen LogP contribution in [0.25, 0.3) is 0 Å². The molecule has 0 radical (unpaired) electrons. The van der Waals surface area contributed by atoms with Gasteiger partial charge in [0.2, 0.25) is 11.5 Å². The molecule has 0 bridgehead atoms. The minimum absolute atomic E-state index is 0.0793. The molecular weight excluding hydrogens is 322 g/mol. The molecule has 1 aliphatic rings. The summed E-state index contributed by atoms with van der Waals surface area (Å²) in [6, 6.07) is 7.54. The van der Waals surface area contributed by atoms with Crippen LogP contribution in [0.5, 0.6) is 5.75 Å². The third-order valence-corrected chi connectivity index (χ3v) is 3.85. The fraction of sp³-hybridized carbons (Fsp3) is 0.500. The van der Waals surface area contributed by atoms with E-state index in [2.05, 4.69) is 15.8 Å². The first-order valence-electron chi connectivity index (χ1n) is 8.32. The van der Waals surface area contributed by atoms with Crippen molar-refractivity contribution in [1.82, 2.24) is 10.6 Å². The average Bonchev–Trinajstić information content (AvgIpc) is 2.97. The van der Waals surface area contributed by atoms with Gasteiger partial charge in [0, 0.05) is 31.0 Å². The van der Waals surface area contributed by atoms with Gasteiger partial charge in [-0.1, -0.05) is 17.3 Å². The van der Waals surface area contributed by atoms with Gasteiger partial charge in [0.15, 0.2) is 0 Å². The molecule has 0 unspecified atom stereocenters. The van der Waals surface area contributed by atoms with Crippen molar-refractivity contribution in [1.29, 1.82) is 0 Å². The normalized spacial score (nSPS) is 19.2. The molecule has 0 spiro atoms. The Morgan fingerprint density at radius 1 is 1.36 bits per heavy atom. The van der Waals surface area contributed by atoms with Crippen LogP contribution in [-0.4, -0.2) is 42.8 Å². The van der Waals surface area contributed by atoms with Crippen LogP contribution in [0.15, 0.2) is 29.4 Å². The molecule has 7 heteroatoms. The van der Waals surface area contributed by atoms with E-state index in [1.807, 2.05) is 38.1 Å². The largest absolute Gasteiger partial charge is 0.496 e. The molecule has 2 rings (SSSR count). The number of para-hydroxylation sites is 1. The number of nitrogens with zero attached hydrogens (tertiary/aromatic N) is 1. The minimum atomic E-state index is -1.09. The molecule has 0 saturated carbocycles. The number of hydrogen-bond donors (Lipinski definition) is 2. The lowest BCUT2D eigenvalue weighted by molar-refractivity contribution is -0.141. The highest BCUT2D eigenvalue weighted by atomic mass is 16.7. The summed E-state index contributed by atoms with van der Waals surface area (Å²) in [5.41, 5.74) is 0.371. The number of oxime groups is 1. The molecular formula is C18H25N3O4. The highest BCUT2D eigenvalue weighted by Crippen LogP contribution is 2.30. The lowest BCUT2D eigenvalue weighted by Gasteiger charge is -2.20. The molecule has 1 aliphatic heterocycles. The van der Waals surface area contributed by atoms with Crippen molar-refractivity contribution >= 4 is 17.5 Å². The van der Waals surface area contributed by atoms with Crippen molar-refractivity contribution in [3.8, 4) is 5.75 Å². The zero-order valence-corrected chi connectivity index (χ0v) is 15.1. The zero-order chi connectivity index (χ0) is 18.4. The number of nitrogens with one attached hydrogen (secondary N) is 2. The summed E-state index contributed by atoms with van der Waals surface area (Å²) in [5.74, 6) is 0.289. The third kappa shape index (κ3) is 4.71. The van der Waals surface area contributed by atoms with Crippen LogP contribution >= 0.6 is 0 Å². The van der Waals surface area contributed by atoms with E-state index in [1.165, 1.54) is 0 Å². The molecule has 2 amide bonds. The van der Waals surface area contributed by atoms with Crippen molar-refractivity contribution in [2.45, 2.75) is 45.3 Å². The lowest BCUT2D eigenvalue weighted by atomic mass is 9.94. The molecule has 0 aliphatic carbocycles. The van der Waals surface area contributed by atoms with Crippen molar-refractivity contribution < 1.29 is 19.2 Å². The molecule has 7 nitrogen and oxygen atoms in total. The van der Waals surface area contributed by atoms with Crippen LogP contribution in [0.2, 0.25) is 0 Å². The summed E-state index contributed by atoms with van der Waals surface area (Å²) in [7, 11) is 1.59. The van der Waals surface area contributed by atoms with E-state index in [-0.39, 0.29) is 30.8 Å². The number of carbonyl (C=O) groups excluding carboxylic acids is 2. The number of methoxy groups -OCH3 is 1. The van der Waals surface area contributed by atoms with Gasteiger partial charge in [-0.3, -0.25) is 9.59 Å². The number of benzene rings is 1. The van der Waals surface area contributed by atoms with Gasteiger partial charge in [-0.05, 0) is 32.9 Å². The number of hydrogen-bond acceptors (Lipinski definition) is 5. The van der Waals surface area contributed by atoms with Gasteiger partial charge in [-0.25, -0.2) is 0 Å². The van der Waals surface area contributed by atoms with E-state index in [9.17, 15) is 9.59 Å². The number of carbonyl (C=O) groups is 2. The van der Waals surface area contributed by atoms with Crippen LogP contribution in [0.1, 0.15) is 39.2 Å². The minimum Gasteiger partial charge on any atom is -0.496 e.